The van der Waals surface area contributed by atoms with Gasteiger partial charge in [0.15, 0.2) is 0 Å². The maximum Gasteiger partial charge on any atom is 0.230 e. The zero-order valence-electron chi connectivity index (χ0n) is 16.7. The highest BCUT2D eigenvalue weighted by atomic mass is 32.1. The number of likely N-dealkylation sites (tertiary alicyclic amines) is 1. The number of aryl methyl sites for hydroxylation is 2. The number of nitrogens with zero attached hydrogens (tertiary/aromatic N) is 4. The fourth-order valence-corrected chi connectivity index (χ4v) is 4.14. The molecule has 0 saturated carbocycles. The standard InChI is InChI=1S/C21H23N5O3S/c1-14-5-2-10-22-19(14)24-21(28)15-6-3-11-26(13-15)18(27)9-8-17-23-20(25-29-17)16-7-4-12-30-16/h2,4-5,7,10,12,15H,3,6,8-9,11,13H2,1H3,(H,22,24,28). The number of nitrogens with one attached hydrogen (secondary N) is 1. The van der Waals surface area contributed by atoms with E-state index in [1.807, 2.05) is 36.6 Å². The van der Waals surface area contributed by atoms with E-state index in [0.29, 0.717) is 37.0 Å². The third kappa shape index (κ3) is 4.73. The molecular weight excluding hydrogens is 402 g/mol. The lowest BCUT2D eigenvalue weighted by Crippen LogP contribution is -2.44. The second-order valence-electron chi connectivity index (χ2n) is 7.33. The first-order valence-electron chi connectivity index (χ1n) is 9.97. The first-order chi connectivity index (χ1) is 14.6. The van der Waals surface area contributed by atoms with Gasteiger partial charge in [-0.1, -0.05) is 17.3 Å². The van der Waals surface area contributed by atoms with Gasteiger partial charge in [-0.05, 0) is 42.8 Å². The Balaban J connectivity index is 1.30. The van der Waals surface area contributed by atoms with E-state index in [2.05, 4.69) is 20.4 Å². The first-order valence-corrected chi connectivity index (χ1v) is 10.8. The molecule has 1 atom stereocenters. The van der Waals surface area contributed by atoms with Gasteiger partial charge in [-0.2, -0.15) is 4.98 Å². The predicted molar refractivity (Wildman–Crippen MR) is 113 cm³/mol. The molecule has 1 fully saturated rings. The Hall–Kier alpha value is -3.07. The minimum Gasteiger partial charge on any atom is -0.342 e. The molecule has 4 heterocycles. The van der Waals surface area contributed by atoms with Crippen LogP contribution in [0.4, 0.5) is 5.82 Å². The van der Waals surface area contributed by atoms with E-state index in [0.717, 1.165) is 23.3 Å². The molecule has 3 aromatic heterocycles. The SMILES string of the molecule is Cc1cccnc1NC(=O)C1CCCN(C(=O)CCc2nc(-c3cccs3)no2)C1. The Kier molecular flexibility index (Phi) is 6.18. The second kappa shape index (κ2) is 9.17. The van der Waals surface area contributed by atoms with Crippen molar-refractivity contribution < 1.29 is 14.1 Å². The van der Waals surface area contributed by atoms with Crippen molar-refractivity contribution in [1.82, 2.24) is 20.0 Å². The van der Waals surface area contributed by atoms with Crippen LogP contribution in [0.3, 0.4) is 0 Å². The van der Waals surface area contributed by atoms with Crippen LogP contribution in [0.25, 0.3) is 10.7 Å². The summed E-state index contributed by atoms with van der Waals surface area (Å²) in [6.07, 6.45) is 3.88. The van der Waals surface area contributed by atoms with Crippen LogP contribution in [-0.2, 0) is 16.0 Å². The van der Waals surface area contributed by atoms with Crippen molar-refractivity contribution in [2.75, 3.05) is 18.4 Å². The molecule has 1 unspecified atom stereocenters. The fraction of sp³-hybridized carbons (Fsp3) is 0.381. The molecular formula is C21H23N5O3S. The summed E-state index contributed by atoms with van der Waals surface area (Å²) >= 11 is 1.54. The van der Waals surface area contributed by atoms with E-state index in [1.165, 1.54) is 11.3 Å². The third-order valence-corrected chi connectivity index (χ3v) is 6.02. The topological polar surface area (TPSA) is 101 Å². The molecule has 4 rings (SSSR count). The number of hydrogen-bond acceptors (Lipinski definition) is 7. The zero-order valence-corrected chi connectivity index (χ0v) is 17.5. The van der Waals surface area contributed by atoms with Crippen LogP contribution >= 0.6 is 11.3 Å². The van der Waals surface area contributed by atoms with Crippen molar-refractivity contribution in [2.24, 2.45) is 5.92 Å². The quantitative estimate of drug-likeness (QED) is 0.650. The van der Waals surface area contributed by atoms with Crippen molar-refractivity contribution >= 4 is 29.0 Å². The Labute approximate surface area is 178 Å². The van der Waals surface area contributed by atoms with Gasteiger partial charge in [-0.25, -0.2) is 4.98 Å². The largest absolute Gasteiger partial charge is 0.342 e. The second-order valence-corrected chi connectivity index (χ2v) is 8.27. The summed E-state index contributed by atoms with van der Waals surface area (Å²) in [5, 5.41) is 8.82. The smallest absolute Gasteiger partial charge is 0.230 e. The fourth-order valence-electron chi connectivity index (χ4n) is 3.49. The maximum atomic E-state index is 12.7. The van der Waals surface area contributed by atoms with Gasteiger partial charge >= 0.3 is 0 Å². The minimum atomic E-state index is -0.238. The lowest BCUT2D eigenvalue weighted by molar-refractivity contribution is -0.134. The van der Waals surface area contributed by atoms with Gasteiger partial charge < -0.3 is 14.7 Å². The number of amides is 2. The Morgan fingerprint density at radius 1 is 1.33 bits per heavy atom. The number of carbonyl (C=O) groups is 2. The highest BCUT2D eigenvalue weighted by Crippen LogP contribution is 2.23. The van der Waals surface area contributed by atoms with Gasteiger partial charge in [0, 0.05) is 32.1 Å². The molecule has 0 bridgehead atoms. The van der Waals surface area contributed by atoms with Crippen LogP contribution in [0.1, 0.15) is 30.7 Å². The zero-order chi connectivity index (χ0) is 20.9. The minimum absolute atomic E-state index is 0.00242. The first kappa shape index (κ1) is 20.2. The van der Waals surface area contributed by atoms with Crippen molar-refractivity contribution in [3.63, 3.8) is 0 Å². The average molecular weight is 426 g/mol. The van der Waals surface area contributed by atoms with Crippen LogP contribution in [0.2, 0.25) is 0 Å². The van der Waals surface area contributed by atoms with Crippen molar-refractivity contribution in [3.8, 4) is 10.7 Å². The molecule has 2 amide bonds. The summed E-state index contributed by atoms with van der Waals surface area (Å²) in [7, 11) is 0. The highest BCUT2D eigenvalue weighted by molar-refractivity contribution is 7.13. The van der Waals surface area contributed by atoms with Crippen LogP contribution < -0.4 is 5.32 Å². The van der Waals surface area contributed by atoms with Gasteiger partial charge in [0.1, 0.15) is 5.82 Å². The number of pyridine rings is 1. The highest BCUT2D eigenvalue weighted by Gasteiger charge is 2.29. The molecule has 0 aromatic carbocycles. The maximum absolute atomic E-state index is 12.7. The van der Waals surface area contributed by atoms with Crippen LogP contribution in [0, 0.1) is 12.8 Å². The molecule has 0 radical (unpaired) electrons. The molecule has 0 aliphatic carbocycles. The van der Waals surface area contributed by atoms with Crippen molar-refractivity contribution in [1.29, 1.82) is 0 Å². The molecule has 0 spiro atoms. The number of carbonyl (C=O) groups excluding carboxylic acids is 2. The van der Waals surface area contributed by atoms with Gasteiger partial charge in [0.2, 0.25) is 23.5 Å². The molecule has 1 N–H and O–H groups in total. The average Bonchev–Trinajstić information content (AvgIpc) is 3.45. The lowest BCUT2D eigenvalue weighted by Gasteiger charge is -2.32. The number of hydrogen-bond donors (Lipinski definition) is 1. The van der Waals surface area contributed by atoms with E-state index in [-0.39, 0.29) is 24.2 Å². The van der Waals surface area contributed by atoms with E-state index < -0.39 is 0 Å². The molecule has 3 aromatic rings. The number of rotatable bonds is 6. The van der Waals surface area contributed by atoms with Gasteiger partial charge in [-0.15, -0.1) is 11.3 Å². The lowest BCUT2D eigenvalue weighted by atomic mass is 9.96. The number of anilines is 1. The van der Waals surface area contributed by atoms with Crippen LogP contribution in [0.15, 0.2) is 40.4 Å². The van der Waals surface area contributed by atoms with Gasteiger partial charge in [0.05, 0.1) is 10.8 Å². The summed E-state index contributed by atoms with van der Waals surface area (Å²) in [5.41, 5.74) is 0.913. The monoisotopic (exact) mass is 425 g/mol. The van der Waals surface area contributed by atoms with E-state index in [4.69, 9.17) is 4.52 Å². The number of thiophene rings is 1. The van der Waals surface area contributed by atoms with E-state index in [1.54, 1.807) is 11.1 Å². The van der Waals surface area contributed by atoms with E-state index >= 15 is 0 Å². The molecule has 1 aliphatic heterocycles. The van der Waals surface area contributed by atoms with Gasteiger partial charge in [0.25, 0.3) is 0 Å². The van der Waals surface area contributed by atoms with E-state index in [9.17, 15) is 9.59 Å². The number of piperidine rings is 1. The summed E-state index contributed by atoms with van der Waals surface area (Å²) in [6.45, 7) is 2.98. The molecule has 1 aliphatic rings. The summed E-state index contributed by atoms with van der Waals surface area (Å²) in [5.74, 6) is 1.24. The van der Waals surface area contributed by atoms with Crippen molar-refractivity contribution in [3.05, 3.63) is 47.3 Å². The normalized spacial score (nSPS) is 16.4. The number of aromatic nitrogens is 3. The Morgan fingerprint density at radius 3 is 3.03 bits per heavy atom. The third-order valence-electron chi connectivity index (χ3n) is 5.16. The summed E-state index contributed by atoms with van der Waals surface area (Å²) < 4.78 is 5.27. The van der Waals surface area contributed by atoms with Crippen molar-refractivity contribution in [2.45, 2.75) is 32.6 Å². The molecule has 156 valence electrons. The molecule has 1 saturated heterocycles. The molecule has 30 heavy (non-hydrogen) atoms. The Morgan fingerprint density at radius 2 is 2.23 bits per heavy atom. The van der Waals surface area contributed by atoms with Crippen LogP contribution in [0.5, 0.6) is 0 Å². The molecule has 9 heteroatoms. The molecule has 8 nitrogen and oxygen atoms in total. The predicted octanol–water partition coefficient (Wildman–Crippen LogP) is 3.31. The van der Waals surface area contributed by atoms with Gasteiger partial charge in [-0.3, -0.25) is 9.59 Å². The van der Waals surface area contributed by atoms with Crippen LogP contribution in [-0.4, -0.2) is 44.9 Å². The summed E-state index contributed by atoms with van der Waals surface area (Å²) in [4.78, 5) is 36.6. The Bertz CT molecular complexity index is 1020. The summed E-state index contributed by atoms with van der Waals surface area (Å²) in [6, 6.07) is 7.59.